The second-order valence-electron chi connectivity index (χ2n) is 4.23. The predicted octanol–water partition coefficient (Wildman–Crippen LogP) is 1.94. The summed E-state index contributed by atoms with van der Waals surface area (Å²) < 4.78 is 10.8. The molecular formula is C12H15NO3. The van der Waals surface area contributed by atoms with Gasteiger partial charge in [-0.2, -0.15) is 0 Å². The van der Waals surface area contributed by atoms with Crippen molar-refractivity contribution in [1.29, 1.82) is 0 Å². The molecule has 1 saturated heterocycles. The van der Waals surface area contributed by atoms with Gasteiger partial charge in [-0.1, -0.05) is 6.42 Å². The Bertz CT molecular complexity index is 399. The molecule has 1 fully saturated rings. The van der Waals surface area contributed by atoms with E-state index in [0.717, 1.165) is 24.3 Å². The molecule has 86 valence electrons. The molecule has 4 nitrogen and oxygen atoms in total. The fourth-order valence-corrected chi connectivity index (χ4v) is 2.42. The third-order valence-electron chi connectivity index (χ3n) is 3.21. The Balaban J connectivity index is 2.01. The van der Waals surface area contributed by atoms with Crippen LogP contribution < -0.4 is 14.8 Å². The van der Waals surface area contributed by atoms with Crippen LogP contribution in [-0.4, -0.2) is 18.4 Å². The van der Waals surface area contributed by atoms with Crippen LogP contribution >= 0.6 is 0 Å². The smallest absolute Gasteiger partial charge is 0.231 e. The molecule has 0 saturated carbocycles. The van der Waals surface area contributed by atoms with E-state index < -0.39 is 0 Å². The van der Waals surface area contributed by atoms with E-state index in [1.165, 1.54) is 12.8 Å². The molecule has 0 radical (unpaired) electrons. The highest BCUT2D eigenvalue weighted by Gasteiger charge is 2.27. The molecule has 1 aromatic rings. The van der Waals surface area contributed by atoms with Gasteiger partial charge in [0, 0.05) is 6.04 Å². The zero-order valence-corrected chi connectivity index (χ0v) is 9.03. The van der Waals surface area contributed by atoms with Gasteiger partial charge in [0.2, 0.25) is 6.79 Å². The lowest BCUT2D eigenvalue weighted by Gasteiger charge is -2.25. The number of aromatic hydroxyl groups is 1. The zero-order valence-electron chi connectivity index (χ0n) is 9.03. The van der Waals surface area contributed by atoms with Crippen molar-refractivity contribution < 1.29 is 14.6 Å². The second-order valence-corrected chi connectivity index (χ2v) is 4.23. The molecule has 0 aromatic heterocycles. The largest absolute Gasteiger partial charge is 0.507 e. The zero-order chi connectivity index (χ0) is 11.0. The minimum absolute atomic E-state index is 0.186. The lowest BCUT2D eigenvalue weighted by atomic mass is 9.95. The Labute approximate surface area is 94.2 Å². The molecule has 2 heterocycles. The monoisotopic (exact) mass is 221 g/mol. The van der Waals surface area contributed by atoms with Gasteiger partial charge >= 0.3 is 0 Å². The van der Waals surface area contributed by atoms with Crippen LogP contribution in [0.2, 0.25) is 0 Å². The van der Waals surface area contributed by atoms with E-state index in [9.17, 15) is 5.11 Å². The fraction of sp³-hybridized carbons (Fsp3) is 0.500. The van der Waals surface area contributed by atoms with Gasteiger partial charge in [0.05, 0.1) is 5.56 Å². The summed E-state index contributed by atoms with van der Waals surface area (Å²) in [4.78, 5) is 0. The number of nitrogens with one attached hydrogen (secondary N) is 1. The van der Waals surface area contributed by atoms with E-state index in [1.54, 1.807) is 12.1 Å². The van der Waals surface area contributed by atoms with Crippen molar-refractivity contribution in [2.75, 3.05) is 13.3 Å². The third kappa shape index (κ3) is 1.50. The van der Waals surface area contributed by atoms with Gasteiger partial charge in [-0.05, 0) is 31.5 Å². The molecular weight excluding hydrogens is 206 g/mol. The summed E-state index contributed by atoms with van der Waals surface area (Å²) in [6.45, 7) is 1.24. The molecule has 4 heteroatoms. The van der Waals surface area contributed by atoms with Crippen LogP contribution in [-0.2, 0) is 0 Å². The first-order valence-corrected chi connectivity index (χ1v) is 5.71. The molecule has 1 unspecified atom stereocenters. The molecule has 0 aliphatic carbocycles. The second kappa shape index (κ2) is 3.87. The number of rotatable bonds is 1. The van der Waals surface area contributed by atoms with Crippen molar-refractivity contribution in [2.24, 2.45) is 0 Å². The highest BCUT2D eigenvalue weighted by Crippen LogP contribution is 2.45. The number of ether oxygens (including phenoxy) is 2. The van der Waals surface area contributed by atoms with Gasteiger partial charge < -0.3 is 19.9 Å². The van der Waals surface area contributed by atoms with Crippen LogP contribution in [0.25, 0.3) is 0 Å². The topological polar surface area (TPSA) is 50.7 Å². The number of hydrogen-bond donors (Lipinski definition) is 2. The van der Waals surface area contributed by atoms with Crippen molar-refractivity contribution >= 4 is 0 Å². The summed E-state index contributed by atoms with van der Waals surface area (Å²) in [7, 11) is 0. The van der Waals surface area contributed by atoms with Crippen molar-refractivity contribution in [1.82, 2.24) is 5.32 Å². The normalized spacial score (nSPS) is 23.4. The van der Waals surface area contributed by atoms with Gasteiger partial charge in [0.1, 0.15) is 5.75 Å². The van der Waals surface area contributed by atoms with Crippen molar-refractivity contribution in [2.45, 2.75) is 25.3 Å². The molecule has 0 spiro atoms. The lowest BCUT2D eigenvalue weighted by molar-refractivity contribution is 0.172. The molecule has 1 aromatic carbocycles. The Morgan fingerprint density at radius 3 is 3.00 bits per heavy atom. The molecule has 3 rings (SSSR count). The first-order valence-electron chi connectivity index (χ1n) is 5.71. The van der Waals surface area contributed by atoms with E-state index in [4.69, 9.17) is 9.47 Å². The molecule has 0 bridgehead atoms. The van der Waals surface area contributed by atoms with Crippen molar-refractivity contribution in [3.05, 3.63) is 17.7 Å². The number of hydrogen-bond acceptors (Lipinski definition) is 4. The molecule has 2 aliphatic rings. The van der Waals surface area contributed by atoms with E-state index in [0.29, 0.717) is 11.5 Å². The van der Waals surface area contributed by atoms with Gasteiger partial charge in [0.15, 0.2) is 11.5 Å². The predicted molar refractivity (Wildman–Crippen MR) is 58.8 cm³/mol. The summed E-state index contributed by atoms with van der Waals surface area (Å²) in [6, 6.07) is 3.62. The first kappa shape index (κ1) is 9.78. The maximum Gasteiger partial charge on any atom is 0.231 e. The third-order valence-corrected chi connectivity index (χ3v) is 3.21. The summed E-state index contributed by atoms with van der Waals surface area (Å²) in [5.41, 5.74) is 0.856. The number of fused-ring (bicyclic) bond motifs is 1. The van der Waals surface area contributed by atoms with E-state index in [1.807, 2.05) is 0 Å². The van der Waals surface area contributed by atoms with Crippen LogP contribution in [0.1, 0.15) is 30.9 Å². The highest BCUT2D eigenvalue weighted by molar-refractivity contribution is 5.56. The average molecular weight is 221 g/mol. The quantitative estimate of drug-likeness (QED) is 0.761. The van der Waals surface area contributed by atoms with Gasteiger partial charge in [0.25, 0.3) is 0 Å². The van der Waals surface area contributed by atoms with Gasteiger partial charge in [-0.25, -0.2) is 0 Å². The lowest BCUT2D eigenvalue weighted by Crippen LogP contribution is -2.27. The van der Waals surface area contributed by atoms with Crippen LogP contribution in [0.5, 0.6) is 17.2 Å². The SMILES string of the molecule is Oc1ccc2c(c1C1CCCCN1)OCO2. The van der Waals surface area contributed by atoms with Crippen LogP contribution in [0.3, 0.4) is 0 Å². The van der Waals surface area contributed by atoms with Crippen molar-refractivity contribution in [3.63, 3.8) is 0 Å². The maximum atomic E-state index is 9.95. The molecule has 1 atom stereocenters. The van der Waals surface area contributed by atoms with E-state index in [-0.39, 0.29) is 12.8 Å². The maximum absolute atomic E-state index is 9.95. The number of piperidine rings is 1. The number of benzene rings is 1. The summed E-state index contributed by atoms with van der Waals surface area (Å²) in [5, 5.41) is 13.4. The van der Waals surface area contributed by atoms with Crippen LogP contribution in [0, 0.1) is 0 Å². The number of phenolic OH excluding ortho intramolecular Hbond substituents is 1. The van der Waals surface area contributed by atoms with E-state index in [2.05, 4.69) is 5.32 Å². The number of phenols is 1. The molecule has 16 heavy (non-hydrogen) atoms. The molecule has 2 aliphatic heterocycles. The van der Waals surface area contributed by atoms with Crippen LogP contribution in [0.4, 0.5) is 0 Å². The van der Waals surface area contributed by atoms with Crippen molar-refractivity contribution in [3.8, 4) is 17.2 Å². The fourth-order valence-electron chi connectivity index (χ4n) is 2.42. The summed E-state index contributed by atoms with van der Waals surface area (Å²) >= 11 is 0. The summed E-state index contributed by atoms with van der Waals surface area (Å²) in [5.74, 6) is 1.74. The Kier molecular flexibility index (Phi) is 2.36. The molecule has 2 N–H and O–H groups in total. The minimum Gasteiger partial charge on any atom is -0.507 e. The Hall–Kier alpha value is -1.42. The highest BCUT2D eigenvalue weighted by atomic mass is 16.7. The first-order chi connectivity index (χ1) is 7.86. The summed E-state index contributed by atoms with van der Waals surface area (Å²) in [6.07, 6.45) is 3.42. The standard InChI is InChI=1S/C12H15NO3/c14-9-4-5-10-12(16-7-15-10)11(9)8-3-1-2-6-13-8/h4-5,8,13-14H,1-3,6-7H2. The van der Waals surface area contributed by atoms with Gasteiger partial charge in [-0.3, -0.25) is 0 Å². The minimum atomic E-state index is 0.186. The molecule has 0 amide bonds. The Morgan fingerprint density at radius 2 is 2.19 bits per heavy atom. The average Bonchev–Trinajstić information content (AvgIpc) is 2.78. The Morgan fingerprint density at radius 1 is 1.25 bits per heavy atom. The van der Waals surface area contributed by atoms with Crippen LogP contribution in [0.15, 0.2) is 12.1 Å². The van der Waals surface area contributed by atoms with Gasteiger partial charge in [-0.15, -0.1) is 0 Å². The van der Waals surface area contributed by atoms with E-state index >= 15 is 0 Å².